The van der Waals surface area contributed by atoms with Crippen molar-refractivity contribution in [1.29, 1.82) is 0 Å². The zero-order chi connectivity index (χ0) is 13.4. The van der Waals surface area contributed by atoms with Crippen LogP contribution in [0.4, 0.5) is 0 Å². The first-order chi connectivity index (χ1) is 9.13. The summed E-state index contributed by atoms with van der Waals surface area (Å²) in [5, 5.41) is 0. The van der Waals surface area contributed by atoms with Gasteiger partial charge in [0.05, 0.1) is 0 Å². The van der Waals surface area contributed by atoms with E-state index in [4.69, 9.17) is 5.73 Å². The van der Waals surface area contributed by atoms with E-state index in [1.54, 1.807) is 0 Å². The summed E-state index contributed by atoms with van der Waals surface area (Å²) in [5.74, 6) is 0.965. The van der Waals surface area contributed by atoms with Gasteiger partial charge in [0.15, 0.2) is 0 Å². The van der Waals surface area contributed by atoms with E-state index in [-0.39, 0.29) is 6.04 Å². The van der Waals surface area contributed by atoms with Crippen LogP contribution in [0.1, 0.15) is 48.4 Å². The van der Waals surface area contributed by atoms with Crippen molar-refractivity contribution in [2.45, 2.75) is 51.6 Å². The molecular weight excluding hydrogens is 232 g/mol. The molecule has 2 saturated carbocycles. The van der Waals surface area contributed by atoms with E-state index in [0.717, 1.165) is 18.5 Å². The molecule has 1 atom stereocenters. The molecule has 2 heteroatoms. The Bertz CT molecular complexity index is 447. The van der Waals surface area contributed by atoms with Crippen LogP contribution >= 0.6 is 0 Å². The smallest absolute Gasteiger partial charge is 0.0424 e. The van der Waals surface area contributed by atoms with Gasteiger partial charge in [-0.2, -0.15) is 0 Å². The number of benzene rings is 1. The van der Waals surface area contributed by atoms with Gasteiger partial charge < -0.3 is 5.73 Å². The fourth-order valence-corrected chi connectivity index (χ4v) is 2.80. The lowest BCUT2D eigenvalue weighted by Crippen LogP contribution is -2.35. The molecule has 0 bridgehead atoms. The third-order valence-corrected chi connectivity index (χ3v) is 4.64. The highest BCUT2D eigenvalue weighted by atomic mass is 15.2. The summed E-state index contributed by atoms with van der Waals surface area (Å²) < 4.78 is 0. The van der Waals surface area contributed by atoms with Crippen molar-refractivity contribution in [1.82, 2.24) is 4.90 Å². The molecule has 0 amide bonds. The molecule has 104 valence electrons. The summed E-state index contributed by atoms with van der Waals surface area (Å²) in [4.78, 5) is 2.65. The Balaban J connectivity index is 1.64. The molecule has 2 nitrogen and oxygen atoms in total. The van der Waals surface area contributed by atoms with E-state index < -0.39 is 0 Å². The van der Waals surface area contributed by atoms with Crippen LogP contribution in [-0.4, -0.2) is 24.0 Å². The van der Waals surface area contributed by atoms with Crippen molar-refractivity contribution < 1.29 is 0 Å². The van der Waals surface area contributed by atoms with Gasteiger partial charge in [-0.05, 0) is 62.1 Å². The lowest BCUT2D eigenvalue weighted by Gasteiger charge is -2.26. The molecule has 0 saturated heterocycles. The summed E-state index contributed by atoms with van der Waals surface area (Å²) in [7, 11) is 0. The molecule has 0 heterocycles. The summed E-state index contributed by atoms with van der Waals surface area (Å²) in [6.07, 6.45) is 5.63. The molecule has 1 aromatic carbocycles. The normalized spacial score (nSPS) is 20.8. The van der Waals surface area contributed by atoms with Gasteiger partial charge in [-0.1, -0.05) is 18.2 Å². The Kier molecular flexibility index (Phi) is 3.64. The van der Waals surface area contributed by atoms with Crippen LogP contribution in [0.25, 0.3) is 0 Å². The first kappa shape index (κ1) is 13.1. The second-order valence-corrected chi connectivity index (χ2v) is 6.58. The standard InChI is InChI=1S/C17H26N2/c1-12-3-6-15(9-13(12)2)17(18)11-19(16-7-8-16)10-14-4-5-14/h3,6,9,14,16-17H,4-5,7-8,10-11,18H2,1-2H3. The van der Waals surface area contributed by atoms with E-state index >= 15 is 0 Å². The van der Waals surface area contributed by atoms with Crippen LogP contribution in [0, 0.1) is 19.8 Å². The Morgan fingerprint density at radius 2 is 1.89 bits per heavy atom. The maximum absolute atomic E-state index is 6.43. The average molecular weight is 258 g/mol. The second kappa shape index (κ2) is 5.26. The predicted octanol–water partition coefficient (Wildman–Crippen LogP) is 3.18. The van der Waals surface area contributed by atoms with Crippen LogP contribution in [0.5, 0.6) is 0 Å². The topological polar surface area (TPSA) is 29.3 Å². The third kappa shape index (κ3) is 3.37. The Morgan fingerprint density at radius 1 is 1.16 bits per heavy atom. The number of hydrogen-bond donors (Lipinski definition) is 1. The summed E-state index contributed by atoms with van der Waals surface area (Å²) in [5.41, 5.74) is 10.4. The number of nitrogens with two attached hydrogens (primary N) is 1. The number of hydrogen-bond acceptors (Lipinski definition) is 2. The Labute approximate surface area is 117 Å². The highest BCUT2D eigenvalue weighted by Crippen LogP contribution is 2.35. The summed E-state index contributed by atoms with van der Waals surface area (Å²) in [6, 6.07) is 7.67. The quantitative estimate of drug-likeness (QED) is 0.849. The first-order valence-electron chi connectivity index (χ1n) is 7.70. The average Bonchev–Trinajstić information content (AvgIpc) is 3.25. The molecule has 0 radical (unpaired) electrons. The van der Waals surface area contributed by atoms with Crippen LogP contribution < -0.4 is 5.73 Å². The van der Waals surface area contributed by atoms with Crippen molar-refractivity contribution in [3.8, 4) is 0 Å². The summed E-state index contributed by atoms with van der Waals surface area (Å²) in [6.45, 7) is 6.65. The van der Waals surface area contributed by atoms with Gasteiger partial charge in [0.25, 0.3) is 0 Å². The Morgan fingerprint density at radius 3 is 2.47 bits per heavy atom. The molecule has 2 aliphatic carbocycles. The molecule has 2 N–H and O–H groups in total. The van der Waals surface area contributed by atoms with Gasteiger partial charge >= 0.3 is 0 Å². The van der Waals surface area contributed by atoms with Crippen LogP contribution in [0.2, 0.25) is 0 Å². The van der Waals surface area contributed by atoms with E-state index in [1.165, 1.54) is 48.9 Å². The molecule has 19 heavy (non-hydrogen) atoms. The van der Waals surface area contributed by atoms with Gasteiger partial charge in [-0.15, -0.1) is 0 Å². The lowest BCUT2D eigenvalue weighted by atomic mass is 10.0. The van der Waals surface area contributed by atoms with Crippen LogP contribution in [-0.2, 0) is 0 Å². The van der Waals surface area contributed by atoms with Crippen LogP contribution in [0.15, 0.2) is 18.2 Å². The van der Waals surface area contributed by atoms with Gasteiger partial charge in [0, 0.05) is 25.2 Å². The van der Waals surface area contributed by atoms with E-state index in [1.807, 2.05) is 0 Å². The molecule has 2 fully saturated rings. The van der Waals surface area contributed by atoms with Gasteiger partial charge in [-0.25, -0.2) is 0 Å². The van der Waals surface area contributed by atoms with E-state index in [9.17, 15) is 0 Å². The minimum Gasteiger partial charge on any atom is -0.323 e. The molecule has 2 aliphatic rings. The zero-order valence-corrected chi connectivity index (χ0v) is 12.2. The molecule has 0 aromatic heterocycles. The molecule has 3 rings (SSSR count). The maximum atomic E-state index is 6.43. The van der Waals surface area contributed by atoms with Crippen molar-refractivity contribution in [3.05, 3.63) is 34.9 Å². The fraction of sp³-hybridized carbons (Fsp3) is 0.647. The molecule has 0 spiro atoms. The highest BCUT2D eigenvalue weighted by molar-refractivity contribution is 5.31. The van der Waals surface area contributed by atoms with Crippen molar-refractivity contribution >= 4 is 0 Å². The highest BCUT2D eigenvalue weighted by Gasteiger charge is 2.34. The second-order valence-electron chi connectivity index (χ2n) is 6.58. The molecule has 0 aliphatic heterocycles. The molecule has 1 aromatic rings. The minimum atomic E-state index is 0.165. The predicted molar refractivity (Wildman–Crippen MR) is 80.2 cm³/mol. The number of aryl methyl sites for hydroxylation is 2. The fourth-order valence-electron chi connectivity index (χ4n) is 2.80. The monoisotopic (exact) mass is 258 g/mol. The van der Waals surface area contributed by atoms with Crippen molar-refractivity contribution in [2.24, 2.45) is 11.7 Å². The van der Waals surface area contributed by atoms with E-state index in [0.29, 0.717) is 0 Å². The zero-order valence-electron chi connectivity index (χ0n) is 12.2. The van der Waals surface area contributed by atoms with Crippen molar-refractivity contribution in [3.63, 3.8) is 0 Å². The Hall–Kier alpha value is -0.860. The largest absolute Gasteiger partial charge is 0.323 e. The van der Waals surface area contributed by atoms with E-state index in [2.05, 4.69) is 36.9 Å². The van der Waals surface area contributed by atoms with Crippen molar-refractivity contribution in [2.75, 3.05) is 13.1 Å². The SMILES string of the molecule is Cc1ccc(C(N)CN(CC2CC2)C2CC2)cc1C. The number of rotatable bonds is 6. The lowest BCUT2D eigenvalue weighted by molar-refractivity contribution is 0.237. The van der Waals surface area contributed by atoms with Crippen LogP contribution in [0.3, 0.4) is 0 Å². The summed E-state index contributed by atoms with van der Waals surface area (Å²) >= 11 is 0. The maximum Gasteiger partial charge on any atom is 0.0424 e. The first-order valence-corrected chi connectivity index (χ1v) is 7.70. The number of nitrogens with zero attached hydrogens (tertiary/aromatic N) is 1. The molecular formula is C17H26N2. The van der Waals surface area contributed by atoms with Gasteiger partial charge in [-0.3, -0.25) is 4.90 Å². The van der Waals surface area contributed by atoms with Gasteiger partial charge in [0.2, 0.25) is 0 Å². The third-order valence-electron chi connectivity index (χ3n) is 4.64. The van der Waals surface area contributed by atoms with Gasteiger partial charge in [0.1, 0.15) is 0 Å². The minimum absolute atomic E-state index is 0.165. The molecule has 1 unspecified atom stereocenters.